The number of piperazine rings is 1. The molecule has 32 heavy (non-hydrogen) atoms. The first kappa shape index (κ1) is 25.6. The van der Waals surface area contributed by atoms with Crippen molar-refractivity contribution in [2.24, 2.45) is 0 Å². The molecule has 1 aromatic rings. The Hall–Kier alpha value is -2.67. The smallest absolute Gasteiger partial charge is 0.418 e. The summed E-state index contributed by atoms with van der Waals surface area (Å²) in [7, 11) is 0. The number of carbonyl (C=O) groups excluding carboxylic acids is 1. The van der Waals surface area contributed by atoms with Crippen molar-refractivity contribution in [3.63, 3.8) is 0 Å². The molecule has 180 valence electrons. The van der Waals surface area contributed by atoms with E-state index in [0.717, 1.165) is 0 Å². The summed E-state index contributed by atoms with van der Waals surface area (Å²) in [6.45, 7) is 7.09. The lowest BCUT2D eigenvalue weighted by Gasteiger charge is -2.42. The zero-order chi connectivity index (χ0) is 24.3. The second-order valence-corrected chi connectivity index (χ2v) is 8.24. The van der Waals surface area contributed by atoms with Gasteiger partial charge in [0, 0.05) is 44.9 Å². The van der Waals surface area contributed by atoms with Crippen LogP contribution in [-0.4, -0.2) is 70.2 Å². The van der Waals surface area contributed by atoms with Gasteiger partial charge in [0.25, 0.3) is 0 Å². The van der Waals surface area contributed by atoms with E-state index >= 15 is 0 Å². The molecule has 2 atom stereocenters. The first-order chi connectivity index (χ1) is 14.7. The van der Waals surface area contributed by atoms with Crippen LogP contribution < -0.4 is 4.90 Å². The van der Waals surface area contributed by atoms with Gasteiger partial charge in [-0.05, 0) is 27.7 Å². The summed E-state index contributed by atoms with van der Waals surface area (Å²) in [6.07, 6.45) is -6.19. The molecule has 1 N–H and O–H groups in total. The zero-order valence-corrected chi connectivity index (χ0v) is 18.3. The Kier molecular flexibility index (Phi) is 7.88. The number of ether oxygens (including phenoxy) is 2. The highest BCUT2D eigenvalue weighted by atomic mass is 19.4. The van der Waals surface area contributed by atoms with Crippen LogP contribution in [0.15, 0.2) is 12.3 Å². The van der Waals surface area contributed by atoms with E-state index in [4.69, 9.17) is 9.47 Å². The van der Waals surface area contributed by atoms with Gasteiger partial charge in [-0.1, -0.05) is 0 Å². The molecule has 0 aromatic carbocycles. The van der Waals surface area contributed by atoms with Crippen molar-refractivity contribution in [1.82, 2.24) is 9.88 Å². The minimum absolute atomic E-state index is 0.00109. The topological polar surface area (TPSA) is 118 Å². The third kappa shape index (κ3) is 6.66. The maximum atomic E-state index is 13.0. The summed E-state index contributed by atoms with van der Waals surface area (Å²) in [4.78, 5) is 29.6. The molecule has 0 aliphatic carbocycles. The molecule has 0 bridgehead atoms. The van der Waals surface area contributed by atoms with E-state index in [9.17, 15) is 33.2 Å². The minimum Gasteiger partial charge on any atom is -0.444 e. The van der Waals surface area contributed by atoms with Crippen LogP contribution in [0, 0.1) is 10.1 Å². The number of nitrogens with zero attached hydrogens (tertiary/aromatic N) is 4. The molecule has 10 nitrogen and oxygen atoms in total. The van der Waals surface area contributed by atoms with Gasteiger partial charge in [-0.25, -0.2) is 9.78 Å². The maximum absolute atomic E-state index is 13.0. The molecule has 1 fully saturated rings. The van der Waals surface area contributed by atoms with Crippen molar-refractivity contribution in [3.05, 3.63) is 27.9 Å². The quantitative estimate of drug-likeness (QED) is 0.387. The molecule has 1 amide bonds. The van der Waals surface area contributed by atoms with Gasteiger partial charge in [-0.2, -0.15) is 13.2 Å². The Bertz CT molecular complexity index is 830. The molecular formula is C19H27F3N4O6. The van der Waals surface area contributed by atoms with Crippen molar-refractivity contribution in [3.8, 4) is 0 Å². The first-order valence-electron chi connectivity index (χ1n) is 9.98. The van der Waals surface area contributed by atoms with E-state index in [-0.39, 0.29) is 38.5 Å². The predicted molar refractivity (Wildman–Crippen MR) is 107 cm³/mol. The number of pyridine rings is 1. The second kappa shape index (κ2) is 9.86. The number of amides is 1. The van der Waals surface area contributed by atoms with Gasteiger partial charge in [0.15, 0.2) is 6.29 Å². The van der Waals surface area contributed by atoms with Gasteiger partial charge in [0.1, 0.15) is 5.60 Å². The highest BCUT2D eigenvalue weighted by Gasteiger charge is 2.39. The summed E-state index contributed by atoms with van der Waals surface area (Å²) in [5.41, 5.74) is -2.81. The number of alkyl halides is 3. The van der Waals surface area contributed by atoms with E-state index < -0.39 is 46.4 Å². The van der Waals surface area contributed by atoms with E-state index in [1.54, 1.807) is 27.7 Å². The molecule has 1 aromatic heterocycles. The summed E-state index contributed by atoms with van der Waals surface area (Å²) in [5.74, 6) is -0.277. The molecule has 1 aliphatic heterocycles. The number of nitro groups is 1. The molecule has 1 aliphatic rings. The highest BCUT2D eigenvalue weighted by molar-refractivity contribution is 5.69. The van der Waals surface area contributed by atoms with Crippen molar-refractivity contribution in [2.75, 3.05) is 31.1 Å². The van der Waals surface area contributed by atoms with Crippen LogP contribution in [0.2, 0.25) is 0 Å². The fourth-order valence-electron chi connectivity index (χ4n) is 3.28. The Morgan fingerprint density at radius 1 is 1.38 bits per heavy atom. The minimum atomic E-state index is -4.80. The molecule has 13 heteroatoms. The fraction of sp³-hybridized carbons (Fsp3) is 0.684. The highest BCUT2D eigenvalue weighted by Crippen LogP contribution is 2.36. The number of carbonyl (C=O) groups is 1. The lowest BCUT2D eigenvalue weighted by Crippen LogP contribution is -2.57. The van der Waals surface area contributed by atoms with Crippen LogP contribution in [-0.2, 0) is 15.7 Å². The predicted octanol–water partition coefficient (Wildman–Crippen LogP) is 3.18. The number of aliphatic hydroxyl groups is 1. The van der Waals surface area contributed by atoms with Crippen molar-refractivity contribution < 1.29 is 37.5 Å². The largest absolute Gasteiger partial charge is 0.444 e. The molecule has 0 spiro atoms. The Morgan fingerprint density at radius 2 is 2.03 bits per heavy atom. The maximum Gasteiger partial charge on any atom is 0.418 e. The lowest BCUT2D eigenvalue weighted by molar-refractivity contribution is -0.384. The second-order valence-electron chi connectivity index (χ2n) is 8.24. The van der Waals surface area contributed by atoms with Gasteiger partial charge in [-0.15, -0.1) is 0 Å². The number of aromatic nitrogens is 1. The average molecular weight is 464 g/mol. The van der Waals surface area contributed by atoms with Gasteiger partial charge in [-0.3, -0.25) is 10.1 Å². The van der Waals surface area contributed by atoms with Gasteiger partial charge in [0.2, 0.25) is 5.82 Å². The SMILES string of the molecule is CCOC(O)CC1CN(C(=O)OC(C)(C)C)CCN1c1ncc(C(F)(F)F)cc1[N+](=O)[O-]. The molecule has 2 unspecified atom stereocenters. The third-order valence-electron chi connectivity index (χ3n) is 4.61. The standard InChI is InChI=1S/C19H27F3N4O6/c1-5-31-15(27)9-13-11-24(17(28)32-18(2,3)4)6-7-25(13)16-14(26(29)30)8-12(10-23-16)19(20,21)22/h8,10,13,15,27H,5-7,9,11H2,1-4H3. The van der Waals surface area contributed by atoms with E-state index in [0.29, 0.717) is 12.3 Å². The lowest BCUT2D eigenvalue weighted by atomic mass is 10.1. The summed E-state index contributed by atoms with van der Waals surface area (Å²) < 4.78 is 49.6. The molecule has 0 saturated carbocycles. The van der Waals surface area contributed by atoms with Crippen LogP contribution in [0.1, 0.15) is 39.7 Å². The molecule has 1 saturated heterocycles. The Balaban J connectivity index is 2.38. The number of rotatable bonds is 6. The normalized spacial score (nSPS) is 18.4. The molecule has 0 radical (unpaired) electrons. The van der Waals surface area contributed by atoms with Gasteiger partial charge < -0.3 is 24.4 Å². The van der Waals surface area contributed by atoms with Crippen LogP contribution in [0.3, 0.4) is 0 Å². The van der Waals surface area contributed by atoms with Crippen molar-refractivity contribution >= 4 is 17.6 Å². The van der Waals surface area contributed by atoms with Crippen LogP contribution >= 0.6 is 0 Å². The number of halogens is 3. The molecular weight excluding hydrogens is 437 g/mol. The van der Waals surface area contributed by atoms with Crippen LogP contribution in [0.4, 0.5) is 29.5 Å². The van der Waals surface area contributed by atoms with E-state index in [1.807, 2.05) is 0 Å². The van der Waals surface area contributed by atoms with Crippen molar-refractivity contribution in [1.29, 1.82) is 0 Å². The number of hydrogen-bond acceptors (Lipinski definition) is 8. The molecule has 2 rings (SSSR count). The number of hydrogen-bond donors (Lipinski definition) is 1. The zero-order valence-electron chi connectivity index (χ0n) is 18.3. The number of anilines is 1. The summed E-state index contributed by atoms with van der Waals surface area (Å²) in [6, 6.07) is -0.292. The number of aliphatic hydroxyl groups excluding tert-OH is 1. The Labute approximate surface area is 183 Å². The molecule has 2 heterocycles. The van der Waals surface area contributed by atoms with E-state index in [1.165, 1.54) is 9.80 Å². The van der Waals surface area contributed by atoms with Gasteiger partial charge >= 0.3 is 18.0 Å². The monoisotopic (exact) mass is 464 g/mol. The summed E-state index contributed by atoms with van der Waals surface area (Å²) in [5, 5.41) is 21.6. The Morgan fingerprint density at radius 3 is 2.56 bits per heavy atom. The summed E-state index contributed by atoms with van der Waals surface area (Å²) >= 11 is 0. The van der Waals surface area contributed by atoms with Crippen molar-refractivity contribution in [2.45, 2.75) is 58.2 Å². The van der Waals surface area contributed by atoms with Gasteiger partial charge in [0.05, 0.1) is 16.5 Å². The van der Waals surface area contributed by atoms with E-state index in [2.05, 4.69) is 4.98 Å². The third-order valence-corrected chi connectivity index (χ3v) is 4.61. The van der Waals surface area contributed by atoms with Crippen LogP contribution in [0.5, 0.6) is 0 Å². The van der Waals surface area contributed by atoms with Crippen LogP contribution in [0.25, 0.3) is 0 Å². The fourth-order valence-corrected chi connectivity index (χ4v) is 3.28. The average Bonchev–Trinajstić information content (AvgIpc) is 2.65. The first-order valence-corrected chi connectivity index (χ1v) is 9.98.